The van der Waals surface area contributed by atoms with Gasteiger partial charge in [-0.1, -0.05) is 0 Å². The molecule has 7 nitrogen and oxygen atoms in total. The van der Waals surface area contributed by atoms with Crippen molar-refractivity contribution in [2.45, 2.75) is 37.0 Å². The quantitative estimate of drug-likeness (QED) is 0.807. The average Bonchev–Trinajstić information content (AvgIpc) is 2.71. The van der Waals surface area contributed by atoms with Crippen molar-refractivity contribution in [1.29, 1.82) is 0 Å². The first-order chi connectivity index (χ1) is 9.11. The van der Waals surface area contributed by atoms with Gasteiger partial charge in [0.2, 0.25) is 5.95 Å². The second kappa shape index (κ2) is 5.87. The number of hydrogen-bond acceptors (Lipinski definition) is 6. The van der Waals surface area contributed by atoms with Crippen LogP contribution >= 0.6 is 11.8 Å². The molecule has 2 N–H and O–H groups in total. The summed E-state index contributed by atoms with van der Waals surface area (Å²) in [6.07, 6.45) is 1.68. The van der Waals surface area contributed by atoms with Crippen LogP contribution in [0.3, 0.4) is 0 Å². The Kier molecular flexibility index (Phi) is 4.20. The number of aromatic amines is 1. The normalized spacial score (nSPS) is 10.9. The molecule has 0 bridgehead atoms. The Hall–Kier alpha value is -1.83. The monoisotopic (exact) mass is 280 g/mol. The topological polar surface area (TPSA) is 88.5 Å². The first kappa shape index (κ1) is 13.6. The van der Waals surface area contributed by atoms with Gasteiger partial charge in [0.15, 0.2) is 5.16 Å². The summed E-state index contributed by atoms with van der Waals surface area (Å²) in [6, 6.07) is 1.83. The molecule has 0 saturated carbocycles. The fraction of sp³-hybridized carbons (Fsp3) is 0.455. The summed E-state index contributed by atoms with van der Waals surface area (Å²) < 4.78 is 1.60. The second-order valence-corrected chi connectivity index (χ2v) is 5.11. The lowest BCUT2D eigenvalue weighted by Crippen LogP contribution is -2.19. The minimum absolute atomic E-state index is 0.0452. The Bertz CT molecular complexity index is 605. The van der Waals surface area contributed by atoms with Gasteiger partial charge >= 0.3 is 5.69 Å². The molecule has 8 heteroatoms. The zero-order valence-corrected chi connectivity index (χ0v) is 11.9. The van der Waals surface area contributed by atoms with Crippen LogP contribution in [0.2, 0.25) is 0 Å². The lowest BCUT2D eigenvalue weighted by Gasteiger charge is -2.08. The van der Waals surface area contributed by atoms with Gasteiger partial charge in [-0.15, -0.1) is 5.10 Å². The first-order valence-corrected chi connectivity index (χ1v) is 6.85. The molecule has 2 aromatic rings. The largest absolute Gasteiger partial charge is 0.354 e. The fourth-order valence-electron chi connectivity index (χ4n) is 1.55. The molecule has 0 amide bonds. The van der Waals surface area contributed by atoms with E-state index in [1.54, 1.807) is 16.8 Å². The fourth-order valence-corrected chi connectivity index (χ4v) is 2.48. The van der Waals surface area contributed by atoms with E-state index in [1.165, 1.54) is 11.8 Å². The van der Waals surface area contributed by atoms with Crippen molar-refractivity contribution < 1.29 is 0 Å². The van der Waals surface area contributed by atoms with Crippen LogP contribution in [0.1, 0.15) is 26.8 Å². The SMILES string of the molecule is CCNc1nccc(Sc2n[nH]c(=O)n2C(C)C)n1. The predicted molar refractivity (Wildman–Crippen MR) is 73.6 cm³/mol. The van der Waals surface area contributed by atoms with Gasteiger partial charge in [0, 0.05) is 18.8 Å². The maximum Gasteiger partial charge on any atom is 0.344 e. The van der Waals surface area contributed by atoms with Crippen LogP contribution < -0.4 is 11.0 Å². The molecule has 2 heterocycles. The maximum absolute atomic E-state index is 11.6. The summed E-state index contributed by atoms with van der Waals surface area (Å²) in [4.78, 5) is 20.1. The van der Waals surface area contributed by atoms with E-state index < -0.39 is 0 Å². The molecule has 0 unspecified atom stereocenters. The molecule has 0 radical (unpaired) electrons. The van der Waals surface area contributed by atoms with E-state index in [0.717, 1.165) is 11.6 Å². The Labute approximate surface area is 114 Å². The van der Waals surface area contributed by atoms with Crippen molar-refractivity contribution in [3.63, 3.8) is 0 Å². The highest BCUT2D eigenvalue weighted by atomic mass is 32.2. The summed E-state index contributed by atoms with van der Waals surface area (Å²) in [5, 5.41) is 10.9. The van der Waals surface area contributed by atoms with Crippen LogP contribution in [-0.2, 0) is 0 Å². The van der Waals surface area contributed by atoms with Gasteiger partial charge in [0.05, 0.1) is 0 Å². The van der Waals surface area contributed by atoms with Gasteiger partial charge < -0.3 is 5.32 Å². The lowest BCUT2D eigenvalue weighted by molar-refractivity contribution is 0.534. The van der Waals surface area contributed by atoms with E-state index in [1.807, 2.05) is 20.8 Å². The number of rotatable bonds is 5. The van der Waals surface area contributed by atoms with Crippen molar-refractivity contribution in [2.75, 3.05) is 11.9 Å². The van der Waals surface area contributed by atoms with Crippen LogP contribution in [0.25, 0.3) is 0 Å². The number of anilines is 1. The number of nitrogens with zero attached hydrogens (tertiary/aromatic N) is 4. The van der Waals surface area contributed by atoms with E-state index in [0.29, 0.717) is 11.1 Å². The van der Waals surface area contributed by atoms with Gasteiger partial charge in [-0.3, -0.25) is 4.57 Å². The molecule has 0 spiro atoms. The van der Waals surface area contributed by atoms with Crippen molar-refractivity contribution >= 4 is 17.7 Å². The number of nitrogens with one attached hydrogen (secondary N) is 2. The van der Waals surface area contributed by atoms with E-state index in [9.17, 15) is 4.79 Å². The molecule has 2 aromatic heterocycles. The Balaban J connectivity index is 2.26. The molecule has 0 aliphatic heterocycles. The third-order valence-electron chi connectivity index (χ3n) is 2.35. The van der Waals surface area contributed by atoms with Gasteiger partial charge in [-0.25, -0.2) is 19.9 Å². The number of H-pyrrole nitrogens is 1. The van der Waals surface area contributed by atoms with E-state index in [-0.39, 0.29) is 11.7 Å². The lowest BCUT2D eigenvalue weighted by atomic mass is 10.4. The standard InChI is InChI=1S/C11H16N6OS/c1-4-12-9-13-6-5-8(14-9)19-11-16-15-10(18)17(11)7(2)3/h5-7H,4H2,1-3H3,(H,15,18)(H,12,13,14). The molecule has 2 rings (SSSR count). The highest BCUT2D eigenvalue weighted by Crippen LogP contribution is 2.24. The molecule has 0 fully saturated rings. The van der Waals surface area contributed by atoms with Crippen molar-refractivity contribution in [2.24, 2.45) is 0 Å². The highest BCUT2D eigenvalue weighted by molar-refractivity contribution is 7.99. The predicted octanol–water partition coefficient (Wildman–Crippen LogP) is 1.53. The second-order valence-electron chi connectivity index (χ2n) is 4.13. The molecule has 102 valence electrons. The smallest absolute Gasteiger partial charge is 0.344 e. The highest BCUT2D eigenvalue weighted by Gasteiger charge is 2.13. The van der Waals surface area contributed by atoms with Crippen molar-refractivity contribution in [1.82, 2.24) is 24.7 Å². The number of hydrogen-bond donors (Lipinski definition) is 2. The molecule has 0 aromatic carbocycles. The van der Waals surface area contributed by atoms with Crippen molar-refractivity contribution in [3.8, 4) is 0 Å². The van der Waals surface area contributed by atoms with E-state index in [2.05, 4.69) is 25.5 Å². The molecule has 0 saturated heterocycles. The summed E-state index contributed by atoms with van der Waals surface area (Å²) in [6.45, 7) is 6.61. The molecular formula is C11H16N6OS. The van der Waals surface area contributed by atoms with Crippen molar-refractivity contribution in [3.05, 3.63) is 22.7 Å². The molecule has 0 atom stereocenters. The zero-order chi connectivity index (χ0) is 13.8. The van der Waals surface area contributed by atoms with Crippen LogP contribution in [-0.4, -0.2) is 31.3 Å². The minimum Gasteiger partial charge on any atom is -0.354 e. The summed E-state index contributed by atoms with van der Waals surface area (Å²) in [5.74, 6) is 0.571. The van der Waals surface area contributed by atoms with Crippen LogP contribution in [0.5, 0.6) is 0 Å². The van der Waals surface area contributed by atoms with E-state index in [4.69, 9.17) is 0 Å². The molecular weight excluding hydrogens is 264 g/mol. The van der Waals surface area contributed by atoms with Gasteiger partial charge in [-0.2, -0.15) is 0 Å². The summed E-state index contributed by atoms with van der Waals surface area (Å²) >= 11 is 1.33. The average molecular weight is 280 g/mol. The van der Waals surface area contributed by atoms with Crippen LogP contribution in [0, 0.1) is 0 Å². The number of aromatic nitrogens is 5. The minimum atomic E-state index is -0.210. The third kappa shape index (κ3) is 3.14. The van der Waals surface area contributed by atoms with Gasteiger partial charge in [0.25, 0.3) is 0 Å². The third-order valence-corrected chi connectivity index (χ3v) is 3.26. The maximum atomic E-state index is 11.6. The zero-order valence-electron chi connectivity index (χ0n) is 11.0. The van der Waals surface area contributed by atoms with Crippen LogP contribution in [0.4, 0.5) is 5.95 Å². The molecule has 0 aliphatic carbocycles. The summed E-state index contributed by atoms with van der Waals surface area (Å²) in [5.41, 5.74) is -0.210. The van der Waals surface area contributed by atoms with Gasteiger partial charge in [0.1, 0.15) is 5.03 Å². The Morgan fingerprint density at radius 2 is 2.32 bits per heavy atom. The van der Waals surface area contributed by atoms with Crippen LogP contribution in [0.15, 0.2) is 27.2 Å². The Morgan fingerprint density at radius 1 is 1.53 bits per heavy atom. The van der Waals surface area contributed by atoms with E-state index >= 15 is 0 Å². The first-order valence-electron chi connectivity index (χ1n) is 6.03. The van der Waals surface area contributed by atoms with Gasteiger partial charge in [-0.05, 0) is 38.6 Å². The Morgan fingerprint density at radius 3 is 3.00 bits per heavy atom. The molecule has 0 aliphatic rings. The molecule has 19 heavy (non-hydrogen) atoms. The summed E-state index contributed by atoms with van der Waals surface area (Å²) in [7, 11) is 0.